The van der Waals surface area contributed by atoms with Crippen LogP contribution in [0.5, 0.6) is 0 Å². The molecule has 0 amide bonds. The Balaban J connectivity index is 2.05. The summed E-state index contributed by atoms with van der Waals surface area (Å²) in [6.07, 6.45) is 13.5. The molecule has 1 unspecified atom stereocenters. The maximum Gasteiger partial charge on any atom is 0.356 e. The monoisotopic (exact) mass is 338 g/mol. The molecule has 0 saturated carbocycles. The standard InChI is InChI=1S/C19H34N2O3/c1-3-4-5-6-7-8-9-10-11-12-13-16(22)14-17-20-15(2)18(21-17)19(23)24/h16,22H,3-14H2,1-2H3,(H,20,21)(H,23,24). The number of aromatic carboxylic acids is 1. The number of hydrogen-bond acceptors (Lipinski definition) is 3. The maximum absolute atomic E-state index is 10.9. The number of aliphatic hydroxyl groups is 1. The quantitative estimate of drug-likeness (QED) is 0.432. The molecule has 1 heterocycles. The van der Waals surface area contributed by atoms with E-state index in [1.54, 1.807) is 6.92 Å². The molecule has 1 aromatic rings. The van der Waals surface area contributed by atoms with Gasteiger partial charge in [0.15, 0.2) is 5.69 Å². The van der Waals surface area contributed by atoms with Crippen molar-refractivity contribution in [3.8, 4) is 0 Å². The van der Waals surface area contributed by atoms with Gasteiger partial charge in [-0.05, 0) is 13.3 Å². The molecule has 0 radical (unpaired) electrons. The van der Waals surface area contributed by atoms with Crippen molar-refractivity contribution in [3.63, 3.8) is 0 Å². The van der Waals surface area contributed by atoms with E-state index < -0.39 is 12.1 Å². The number of imidazole rings is 1. The van der Waals surface area contributed by atoms with Crippen LogP contribution in [0.3, 0.4) is 0 Å². The van der Waals surface area contributed by atoms with Crippen LogP contribution in [-0.4, -0.2) is 32.3 Å². The number of nitrogens with one attached hydrogen (secondary N) is 1. The van der Waals surface area contributed by atoms with E-state index >= 15 is 0 Å². The number of hydrogen-bond donors (Lipinski definition) is 3. The van der Waals surface area contributed by atoms with Crippen molar-refractivity contribution in [3.05, 3.63) is 17.2 Å². The van der Waals surface area contributed by atoms with E-state index in [-0.39, 0.29) is 5.69 Å². The van der Waals surface area contributed by atoms with Gasteiger partial charge < -0.3 is 15.2 Å². The van der Waals surface area contributed by atoms with E-state index in [1.807, 2.05) is 0 Å². The summed E-state index contributed by atoms with van der Waals surface area (Å²) in [5.41, 5.74) is 0.597. The Kier molecular flexibility index (Phi) is 10.4. The molecule has 0 fully saturated rings. The number of carbonyl (C=O) groups is 1. The fraction of sp³-hybridized carbons (Fsp3) is 0.789. The summed E-state index contributed by atoms with van der Waals surface area (Å²) in [6, 6.07) is 0. The molecule has 24 heavy (non-hydrogen) atoms. The van der Waals surface area contributed by atoms with E-state index in [0.29, 0.717) is 17.9 Å². The molecule has 138 valence electrons. The van der Waals surface area contributed by atoms with Gasteiger partial charge in [0.25, 0.3) is 0 Å². The summed E-state index contributed by atoms with van der Waals surface area (Å²) in [6.45, 7) is 3.93. The highest BCUT2D eigenvalue weighted by molar-refractivity contribution is 5.86. The van der Waals surface area contributed by atoms with Crippen molar-refractivity contribution in [2.45, 2.75) is 97.0 Å². The highest BCUT2D eigenvalue weighted by Crippen LogP contribution is 2.14. The molecule has 3 N–H and O–H groups in total. The van der Waals surface area contributed by atoms with Gasteiger partial charge in [0, 0.05) is 12.1 Å². The number of carboxylic acids is 1. The van der Waals surface area contributed by atoms with E-state index in [0.717, 1.165) is 19.3 Å². The molecular formula is C19H34N2O3. The Morgan fingerprint density at radius 3 is 2.08 bits per heavy atom. The Labute approximate surface area is 145 Å². The fourth-order valence-electron chi connectivity index (χ4n) is 3.02. The number of aromatic amines is 1. The topological polar surface area (TPSA) is 86.2 Å². The molecule has 0 aromatic carbocycles. The first-order chi connectivity index (χ1) is 11.5. The van der Waals surface area contributed by atoms with E-state index in [4.69, 9.17) is 5.11 Å². The number of nitrogens with zero attached hydrogens (tertiary/aromatic N) is 1. The van der Waals surface area contributed by atoms with E-state index in [9.17, 15) is 9.90 Å². The van der Waals surface area contributed by atoms with Crippen molar-refractivity contribution < 1.29 is 15.0 Å². The molecule has 0 bridgehead atoms. The molecule has 0 aliphatic carbocycles. The Morgan fingerprint density at radius 1 is 1.04 bits per heavy atom. The first-order valence-corrected chi connectivity index (χ1v) is 9.51. The molecule has 5 heteroatoms. The summed E-state index contributed by atoms with van der Waals surface area (Å²) in [7, 11) is 0. The second-order valence-electron chi connectivity index (χ2n) is 6.79. The van der Waals surface area contributed by atoms with E-state index in [2.05, 4.69) is 16.9 Å². The van der Waals surface area contributed by atoms with Gasteiger partial charge in [-0.15, -0.1) is 0 Å². The van der Waals surface area contributed by atoms with Gasteiger partial charge in [-0.2, -0.15) is 0 Å². The second-order valence-corrected chi connectivity index (χ2v) is 6.79. The number of aryl methyl sites for hydroxylation is 1. The Morgan fingerprint density at radius 2 is 1.58 bits per heavy atom. The van der Waals surface area contributed by atoms with Crippen LogP contribution in [0.4, 0.5) is 0 Å². The van der Waals surface area contributed by atoms with E-state index in [1.165, 1.54) is 51.4 Å². The van der Waals surface area contributed by atoms with Crippen LogP contribution in [0, 0.1) is 6.92 Å². The molecule has 1 atom stereocenters. The molecule has 5 nitrogen and oxygen atoms in total. The van der Waals surface area contributed by atoms with Gasteiger partial charge in [-0.1, -0.05) is 71.1 Å². The van der Waals surface area contributed by atoms with Gasteiger partial charge in [-0.3, -0.25) is 0 Å². The van der Waals surface area contributed by atoms with Crippen molar-refractivity contribution in [2.75, 3.05) is 0 Å². The predicted octanol–water partition coefficient (Wildman–Crippen LogP) is 4.63. The van der Waals surface area contributed by atoms with Gasteiger partial charge in [0.1, 0.15) is 5.82 Å². The lowest BCUT2D eigenvalue weighted by Crippen LogP contribution is -2.11. The van der Waals surface area contributed by atoms with Crippen LogP contribution in [0.2, 0.25) is 0 Å². The highest BCUT2D eigenvalue weighted by atomic mass is 16.4. The van der Waals surface area contributed by atoms with Gasteiger partial charge >= 0.3 is 5.97 Å². The molecular weight excluding hydrogens is 304 g/mol. The van der Waals surface area contributed by atoms with Crippen LogP contribution in [0.1, 0.15) is 99.6 Å². The molecule has 0 saturated heterocycles. The lowest BCUT2D eigenvalue weighted by molar-refractivity contribution is 0.0689. The maximum atomic E-state index is 10.9. The third-order valence-corrected chi connectivity index (χ3v) is 4.46. The molecule has 0 aliphatic rings. The minimum absolute atomic E-state index is 0.0520. The van der Waals surface area contributed by atoms with Crippen molar-refractivity contribution in [1.82, 2.24) is 9.97 Å². The van der Waals surface area contributed by atoms with Crippen LogP contribution < -0.4 is 0 Å². The molecule has 1 rings (SSSR count). The van der Waals surface area contributed by atoms with Gasteiger partial charge in [-0.25, -0.2) is 9.78 Å². The fourth-order valence-corrected chi connectivity index (χ4v) is 3.02. The highest BCUT2D eigenvalue weighted by Gasteiger charge is 2.15. The zero-order valence-electron chi connectivity index (χ0n) is 15.3. The summed E-state index contributed by atoms with van der Waals surface area (Å²) in [5, 5.41) is 19.0. The lowest BCUT2D eigenvalue weighted by Gasteiger charge is -2.08. The van der Waals surface area contributed by atoms with Crippen LogP contribution >= 0.6 is 0 Å². The second kappa shape index (κ2) is 12.1. The average Bonchev–Trinajstić information content (AvgIpc) is 2.89. The number of aromatic nitrogens is 2. The zero-order valence-corrected chi connectivity index (χ0v) is 15.3. The molecule has 0 spiro atoms. The average molecular weight is 338 g/mol. The van der Waals surface area contributed by atoms with Crippen LogP contribution in [0.15, 0.2) is 0 Å². The van der Waals surface area contributed by atoms with Crippen molar-refractivity contribution in [2.24, 2.45) is 0 Å². The summed E-state index contributed by atoms with van der Waals surface area (Å²) >= 11 is 0. The summed E-state index contributed by atoms with van der Waals surface area (Å²) < 4.78 is 0. The number of H-pyrrole nitrogens is 1. The van der Waals surface area contributed by atoms with Gasteiger partial charge in [0.2, 0.25) is 0 Å². The van der Waals surface area contributed by atoms with Crippen molar-refractivity contribution >= 4 is 5.97 Å². The van der Waals surface area contributed by atoms with Crippen LogP contribution in [-0.2, 0) is 6.42 Å². The van der Waals surface area contributed by atoms with Crippen molar-refractivity contribution in [1.29, 1.82) is 0 Å². The SMILES string of the molecule is CCCCCCCCCCCCC(O)Cc1nc(C(=O)O)c(C)[nH]1. The number of carboxylic acid groups (broad SMARTS) is 1. The molecule has 0 aliphatic heterocycles. The number of aliphatic hydroxyl groups excluding tert-OH is 1. The number of unbranched alkanes of at least 4 members (excludes halogenated alkanes) is 9. The first-order valence-electron chi connectivity index (χ1n) is 9.51. The molecule has 1 aromatic heterocycles. The third kappa shape index (κ3) is 8.48. The number of rotatable bonds is 14. The minimum Gasteiger partial charge on any atom is -0.476 e. The van der Waals surface area contributed by atoms with Gasteiger partial charge in [0.05, 0.1) is 6.10 Å². The predicted molar refractivity (Wildman–Crippen MR) is 96.5 cm³/mol. The smallest absolute Gasteiger partial charge is 0.356 e. The normalized spacial score (nSPS) is 12.5. The Bertz CT molecular complexity index is 471. The third-order valence-electron chi connectivity index (χ3n) is 4.46. The van der Waals surface area contributed by atoms with Crippen LogP contribution in [0.25, 0.3) is 0 Å². The summed E-state index contributed by atoms with van der Waals surface area (Å²) in [4.78, 5) is 17.9. The first kappa shape index (κ1) is 20.7. The largest absolute Gasteiger partial charge is 0.476 e. The Hall–Kier alpha value is -1.36. The summed E-state index contributed by atoms with van der Waals surface area (Å²) in [5.74, 6) is -0.469. The lowest BCUT2D eigenvalue weighted by atomic mass is 10.0. The minimum atomic E-state index is -1.03. The zero-order chi connectivity index (χ0) is 17.8.